The second kappa shape index (κ2) is 5.46. The number of benzene rings is 1. The quantitative estimate of drug-likeness (QED) is 0.823. The van der Waals surface area contributed by atoms with Gasteiger partial charge in [0.05, 0.1) is 0 Å². The second-order valence-electron chi connectivity index (χ2n) is 6.52. The molecule has 1 unspecified atom stereocenters. The minimum Gasteiger partial charge on any atom is -0.382 e. The van der Waals surface area contributed by atoms with E-state index in [2.05, 4.69) is 26.0 Å². The first-order chi connectivity index (χ1) is 8.98. The highest BCUT2D eigenvalue weighted by atomic mass is 16.3. The molecule has 1 saturated carbocycles. The zero-order valence-electron chi connectivity index (χ0n) is 11.9. The number of rotatable bonds is 5. The third kappa shape index (κ3) is 3.06. The van der Waals surface area contributed by atoms with Crippen LogP contribution in [0.5, 0.6) is 0 Å². The zero-order valence-corrected chi connectivity index (χ0v) is 11.9. The lowest BCUT2D eigenvalue weighted by atomic mass is 9.71. The van der Waals surface area contributed by atoms with Gasteiger partial charge in [-0.2, -0.15) is 0 Å². The Morgan fingerprint density at radius 3 is 2.32 bits per heavy atom. The highest BCUT2D eigenvalue weighted by Crippen LogP contribution is 2.40. The van der Waals surface area contributed by atoms with Crippen LogP contribution in [0.1, 0.15) is 51.5 Å². The summed E-state index contributed by atoms with van der Waals surface area (Å²) in [6, 6.07) is 10.1. The van der Waals surface area contributed by atoms with Crippen molar-refractivity contribution in [3.05, 3.63) is 35.9 Å². The first kappa shape index (κ1) is 14.3. The van der Waals surface area contributed by atoms with Crippen molar-refractivity contribution in [1.82, 2.24) is 0 Å². The molecule has 19 heavy (non-hydrogen) atoms. The van der Waals surface area contributed by atoms with Crippen LogP contribution in [0, 0.1) is 5.92 Å². The summed E-state index contributed by atoms with van der Waals surface area (Å²) in [5.74, 6) is 0.132. The molecule has 104 valence electrons. The minimum absolute atomic E-state index is 0.132. The first-order valence-corrected chi connectivity index (χ1v) is 7.22. The summed E-state index contributed by atoms with van der Waals surface area (Å²) in [5, 5.41) is 10.7. The average molecular weight is 260 g/mol. The van der Waals surface area contributed by atoms with Gasteiger partial charge in [-0.15, -0.1) is 0 Å². The van der Waals surface area contributed by atoms with Gasteiger partial charge in [-0.05, 0) is 36.2 Å². The molecule has 1 aromatic carbocycles. The van der Waals surface area contributed by atoms with Gasteiger partial charge in [0.2, 0.25) is 0 Å². The number of hydrogen-bond donors (Lipinski definition) is 1. The Morgan fingerprint density at radius 2 is 1.79 bits per heavy atom. The molecule has 0 bridgehead atoms. The molecule has 0 saturated heterocycles. The van der Waals surface area contributed by atoms with Gasteiger partial charge in [-0.1, -0.05) is 57.0 Å². The van der Waals surface area contributed by atoms with Gasteiger partial charge in [-0.3, -0.25) is 0 Å². The number of hydrogen-bond acceptors (Lipinski definition) is 2. The van der Waals surface area contributed by atoms with Gasteiger partial charge < -0.3 is 9.90 Å². The standard InChI is InChI=1S/C17H24O2/c1-16(2,14-8-4-3-5-9-14)12-17(19,13-18)15-10-6-7-11-15/h3-5,8-9,13,15,19H,6-7,10-12H2,1-2H3. The van der Waals surface area contributed by atoms with E-state index in [-0.39, 0.29) is 11.3 Å². The fourth-order valence-electron chi connectivity index (χ4n) is 3.41. The van der Waals surface area contributed by atoms with E-state index in [9.17, 15) is 9.90 Å². The number of aliphatic hydroxyl groups is 1. The van der Waals surface area contributed by atoms with Crippen molar-refractivity contribution >= 4 is 6.29 Å². The van der Waals surface area contributed by atoms with Gasteiger partial charge >= 0.3 is 0 Å². The molecule has 2 rings (SSSR count). The fourth-order valence-corrected chi connectivity index (χ4v) is 3.41. The largest absolute Gasteiger partial charge is 0.382 e. The maximum atomic E-state index is 11.5. The number of aldehydes is 1. The monoisotopic (exact) mass is 260 g/mol. The predicted octanol–water partition coefficient (Wildman–Crippen LogP) is 3.47. The molecule has 0 heterocycles. The lowest BCUT2D eigenvalue weighted by molar-refractivity contribution is -0.132. The summed E-state index contributed by atoms with van der Waals surface area (Å²) >= 11 is 0. The summed E-state index contributed by atoms with van der Waals surface area (Å²) in [6.07, 6.45) is 5.49. The molecule has 0 amide bonds. The van der Waals surface area contributed by atoms with E-state index in [1.807, 2.05) is 18.2 Å². The first-order valence-electron chi connectivity index (χ1n) is 7.22. The van der Waals surface area contributed by atoms with Crippen LogP contribution in [0.4, 0.5) is 0 Å². The zero-order chi connectivity index (χ0) is 13.9. The van der Waals surface area contributed by atoms with Crippen molar-refractivity contribution in [2.24, 2.45) is 5.92 Å². The van der Waals surface area contributed by atoms with E-state index < -0.39 is 5.60 Å². The lowest BCUT2D eigenvalue weighted by Crippen LogP contribution is -2.43. The van der Waals surface area contributed by atoms with E-state index in [4.69, 9.17) is 0 Å². The summed E-state index contributed by atoms with van der Waals surface area (Å²) in [6.45, 7) is 4.21. The summed E-state index contributed by atoms with van der Waals surface area (Å²) in [4.78, 5) is 11.5. The molecule has 1 aromatic rings. The second-order valence-corrected chi connectivity index (χ2v) is 6.52. The van der Waals surface area contributed by atoms with Crippen LogP contribution in [-0.2, 0) is 10.2 Å². The number of carbonyl (C=O) groups is 1. The van der Waals surface area contributed by atoms with E-state index in [0.29, 0.717) is 6.42 Å². The molecule has 0 spiro atoms. The van der Waals surface area contributed by atoms with Crippen LogP contribution in [0.25, 0.3) is 0 Å². The van der Waals surface area contributed by atoms with Crippen LogP contribution in [0.15, 0.2) is 30.3 Å². The van der Waals surface area contributed by atoms with Gasteiger partial charge in [-0.25, -0.2) is 0 Å². The molecule has 1 aliphatic rings. The molecule has 1 fully saturated rings. The summed E-state index contributed by atoms with van der Waals surface area (Å²) < 4.78 is 0. The Hall–Kier alpha value is -1.15. The number of carbonyl (C=O) groups excluding carboxylic acids is 1. The highest BCUT2D eigenvalue weighted by Gasteiger charge is 2.42. The maximum absolute atomic E-state index is 11.5. The molecule has 0 radical (unpaired) electrons. The van der Waals surface area contributed by atoms with Crippen molar-refractivity contribution in [2.45, 2.75) is 57.0 Å². The molecular formula is C17H24O2. The Balaban J connectivity index is 2.19. The van der Waals surface area contributed by atoms with Gasteiger partial charge in [0.25, 0.3) is 0 Å². The van der Waals surface area contributed by atoms with Gasteiger partial charge in [0.1, 0.15) is 5.60 Å². The normalized spacial score (nSPS) is 20.2. The maximum Gasteiger partial charge on any atom is 0.151 e. The molecule has 1 atom stereocenters. The molecule has 0 aromatic heterocycles. The molecule has 2 heteroatoms. The van der Waals surface area contributed by atoms with Crippen LogP contribution in [0.3, 0.4) is 0 Å². The lowest BCUT2D eigenvalue weighted by Gasteiger charge is -2.37. The Morgan fingerprint density at radius 1 is 1.21 bits per heavy atom. The van der Waals surface area contributed by atoms with Gasteiger partial charge in [0.15, 0.2) is 6.29 Å². The highest BCUT2D eigenvalue weighted by molar-refractivity contribution is 5.63. The SMILES string of the molecule is CC(C)(CC(O)(C=O)C1CCCC1)c1ccccc1. The molecule has 1 aliphatic carbocycles. The van der Waals surface area contributed by atoms with Crippen molar-refractivity contribution in [1.29, 1.82) is 0 Å². The third-order valence-electron chi connectivity index (χ3n) is 4.55. The van der Waals surface area contributed by atoms with Crippen molar-refractivity contribution in [3.63, 3.8) is 0 Å². The average Bonchev–Trinajstić information content (AvgIpc) is 2.94. The Labute approximate surface area is 115 Å². The molecular weight excluding hydrogens is 236 g/mol. The van der Waals surface area contributed by atoms with Crippen LogP contribution >= 0.6 is 0 Å². The van der Waals surface area contributed by atoms with Crippen LogP contribution in [-0.4, -0.2) is 17.0 Å². The van der Waals surface area contributed by atoms with Crippen LogP contribution in [0.2, 0.25) is 0 Å². The van der Waals surface area contributed by atoms with Crippen molar-refractivity contribution < 1.29 is 9.90 Å². The summed E-state index contributed by atoms with van der Waals surface area (Å²) in [7, 11) is 0. The molecule has 0 aliphatic heterocycles. The van der Waals surface area contributed by atoms with E-state index in [1.165, 1.54) is 5.56 Å². The van der Waals surface area contributed by atoms with Crippen molar-refractivity contribution in [3.8, 4) is 0 Å². The minimum atomic E-state index is -1.17. The topological polar surface area (TPSA) is 37.3 Å². The third-order valence-corrected chi connectivity index (χ3v) is 4.55. The van der Waals surface area contributed by atoms with Gasteiger partial charge in [0, 0.05) is 0 Å². The van der Waals surface area contributed by atoms with E-state index >= 15 is 0 Å². The Kier molecular flexibility index (Phi) is 4.10. The fraction of sp³-hybridized carbons (Fsp3) is 0.588. The van der Waals surface area contributed by atoms with E-state index in [1.54, 1.807) is 0 Å². The van der Waals surface area contributed by atoms with Crippen LogP contribution < -0.4 is 0 Å². The van der Waals surface area contributed by atoms with E-state index in [0.717, 1.165) is 32.0 Å². The smallest absolute Gasteiger partial charge is 0.151 e. The Bertz CT molecular complexity index is 418. The summed E-state index contributed by atoms with van der Waals surface area (Å²) in [5.41, 5.74) is -0.191. The molecule has 1 N–H and O–H groups in total. The molecule has 2 nitrogen and oxygen atoms in total. The van der Waals surface area contributed by atoms with Crippen molar-refractivity contribution in [2.75, 3.05) is 0 Å². The predicted molar refractivity (Wildman–Crippen MR) is 77.1 cm³/mol.